The summed E-state index contributed by atoms with van der Waals surface area (Å²) in [4.78, 5) is 38.8. The van der Waals surface area contributed by atoms with Crippen LogP contribution in [0, 0.1) is 5.92 Å². The third-order valence-corrected chi connectivity index (χ3v) is 8.40. The Balaban J connectivity index is 1.42. The average Bonchev–Trinajstić information content (AvgIpc) is 3.62. The van der Waals surface area contributed by atoms with Gasteiger partial charge in [0.15, 0.2) is 0 Å². The SMILES string of the molecule is CCCCN(Cc1ccc(-c2ccccc2-c2nn[nH]n2)cc1)C(=O)N(Cc1ccccn1)C(C(=O)N1CCCCC1)C(C)C. The van der Waals surface area contributed by atoms with Gasteiger partial charge in [0.25, 0.3) is 0 Å². The van der Waals surface area contributed by atoms with Crippen molar-refractivity contribution >= 4 is 11.9 Å². The number of benzene rings is 2. The molecule has 236 valence electrons. The number of urea groups is 1. The third kappa shape index (κ3) is 7.92. The van der Waals surface area contributed by atoms with Crippen molar-refractivity contribution in [2.45, 2.75) is 72.0 Å². The number of pyridine rings is 1. The number of nitrogens with zero attached hydrogens (tertiary/aromatic N) is 7. The Morgan fingerprint density at radius 1 is 0.911 bits per heavy atom. The van der Waals surface area contributed by atoms with Gasteiger partial charge in [0.2, 0.25) is 11.7 Å². The number of unbranched alkanes of at least 4 members (excludes halogenated alkanes) is 1. The number of hydrogen-bond acceptors (Lipinski definition) is 6. The summed E-state index contributed by atoms with van der Waals surface area (Å²) < 4.78 is 0. The van der Waals surface area contributed by atoms with E-state index in [1.165, 1.54) is 0 Å². The molecule has 3 heterocycles. The highest BCUT2D eigenvalue weighted by Crippen LogP contribution is 2.30. The minimum Gasteiger partial charge on any atom is -0.341 e. The highest BCUT2D eigenvalue weighted by atomic mass is 16.2. The Morgan fingerprint density at radius 3 is 2.29 bits per heavy atom. The zero-order chi connectivity index (χ0) is 31.6. The number of carbonyl (C=O) groups is 2. The molecule has 0 aliphatic carbocycles. The number of rotatable bonds is 12. The van der Waals surface area contributed by atoms with E-state index < -0.39 is 6.04 Å². The topological polar surface area (TPSA) is 111 Å². The van der Waals surface area contributed by atoms with Gasteiger partial charge in [0.1, 0.15) is 6.04 Å². The van der Waals surface area contributed by atoms with Crippen LogP contribution in [0.2, 0.25) is 0 Å². The molecule has 3 amide bonds. The predicted octanol–water partition coefficient (Wildman–Crippen LogP) is 6.19. The van der Waals surface area contributed by atoms with Crippen LogP contribution in [0.3, 0.4) is 0 Å². The van der Waals surface area contributed by atoms with Crippen LogP contribution in [0.1, 0.15) is 64.1 Å². The number of H-pyrrole nitrogens is 1. The van der Waals surface area contributed by atoms with Crippen molar-refractivity contribution in [3.63, 3.8) is 0 Å². The quantitative estimate of drug-likeness (QED) is 0.205. The summed E-state index contributed by atoms with van der Waals surface area (Å²) in [6, 6.07) is 21.2. The number of likely N-dealkylation sites (tertiary alicyclic amines) is 1. The zero-order valence-corrected chi connectivity index (χ0v) is 26.6. The molecule has 5 rings (SSSR count). The molecule has 4 aromatic rings. The van der Waals surface area contributed by atoms with Gasteiger partial charge in [-0.1, -0.05) is 81.8 Å². The fourth-order valence-electron chi connectivity index (χ4n) is 6.02. The van der Waals surface area contributed by atoms with Gasteiger partial charge in [-0.25, -0.2) is 4.79 Å². The van der Waals surface area contributed by atoms with Crippen LogP contribution < -0.4 is 0 Å². The van der Waals surface area contributed by atoms with Crippen LogP contribution >= 0.6 is 0 Å². The van der Waals surface area contributed by atoms with Crippen LogP contribution in [0.5, 0.6) is 0 Å². The van der Waals surface area contributed by atoms with Crippen molar-refractivity contribution in [3.05, 3.63) is 84.2 Å². The minimum absolute atomic E-state index is 0.0362. The summed E-state index contributed by atoms with van der Waals surface area (Å²) >= 11 is 0. The lowest BCUT2D eigenvalue weighted by atomic mass is 9.98. The lowest BCUT2D eigenvalue weighted by Gasteiger charge is -2.40. The van der Waals surface area contributed by atoms with E-state index in [2.05, 4.69) is 56.8 Å². The van der Waals surface area contributed by atoms with Crippen molar-refractivity contribution in [1.29, 1.82) is 0 Å². The third-order valence-electron chi connectivity index (χ3n) is 8.40. The summed E-state index contributed by atoms with van der Waals surface area (Å²) in [5.41, 5.74) is 4.70. The van der Waals surface area contributed by atoms with Crippen molar-refractivity contribution in [3.8, 4) is 22.5 Å². The van der Waals surface area contributed by atoms with Gasteiger partial charge in [0.05, 0.1) is 12.2 Å². The van der Waals surface area contributed by atoms with E-state index in [0.717, 1.165) is 73.1 Å². The molecule has 0 saturated carbocycles. The van der Waals surface area contributed by atoms with Gasteiger partial charge in [-0.05, 0) is 65.6 Å². The summed E-state index contributed by atoms with van der Waals surface area (Å²) in [6.07, 6.45) is 6.70. The second kappa shape index (κ2) is 15.4. The second-order valence-electron chi connectivity index (χ2n) is 12.1. The maximum atomic E-state index is 14.6. The second-order valence-corrected chi connectivity index (χ2v) is 12.1. The summed E-state index contributed by atoms with van der Waals surface area (Å²) in [5, 5.41) is 14.6. The molecule has 0 radical (unpaired) electrons. The van der Waals surface area contributed by atoms with Crippen molar-refractivity contribution in [2.24, 2.45) is 5.92 Å². The molecule has 1 aliphatic rings. The minimum atomic E-state index is -0.578. The van der Waals surface area contributed by atoms with Gasteiger partial charge >= 0.3 is 6.03 Å². The van der Waals surface area contributed by atoms with E-state index in [1.54, 1.807) is 11.1 Å². The van der Waals surface area contributed by atoms with E-state index in [9.17, 15) is 9.59 Å². The highest BCUT2D eigenvalue weighted by molar-refractivity contribution is 5.87. The average molecular weight is 609 g/mol. The van der Waals surface area contributed by atoms with Gasteiger partial charge in [-0.15, -0.1) is 10.2 Å². The normalized spacial score (nSPS) is 13.9. The van der Waals surface area contributed by atoms with Crippen LogP contribution in [-0.4, -0.2) is 77.9 Å². The molecule has 10 nitrogen and oxygen atoms in total. The molecule has 45 heavy (non-hydrogen) atoms. The largest absolute Gasteiger partial charge is 0.341 e. The molecule has 1 atom stereocenters. The van der Waals surface area contributed by atoms with Gasteiger partial charge in [-0.2, -0.15) is 5.21 Å². The first-order valence-corrected chi connectivity index (χ1v) is 16.1. The fraction of sp³-hybridized carbons (Fsp3) is 0.429. The maximum absolute atomic E-state index is 14.6. The Morgan fingerprint density at radius 2 is 1.64 bits per heavy atom. The molecule has 2 aromatic carbocycles. The summed E-state index contributed by atoms with van der Waals surface area (Å²) in [7, 11) is 0. The summed E-state index contributed by atoms with van der Waals surface area (Å²) in [5.74, 6) is 0.519. The number of aromatic nitrogens is 5. The van der Waals surface area contributed by atoms with Gasteiger partial charge in [-0.3, -0.25) is 9.78 Å². The van der Waals surface area contributed by atoms with Crippen molar-refractivity contribution < 1.29 is 9.59 Å². The molecule has 1 N–H and O–H groups in total. The number of aromatic amines is 1. The number of nitrogens with one attached hydrogen (secondary N) is 1. The van der Waals surface area contributed by atoms with E-state index in [4.69, 9.17) is 0 Å². The predicted molar refractivity (Wildman–Crippen MR) is 175 cm³/mol. The number of carbonyl (C=O) groups excluding carboxylic acids is 2. The Kier molecular flexibility index (Phi) is 10.9. The lowest BCUT2D eigenvalue weighted by Crippen LogP contribution is -2.57. The Hall–Kier alpha value is -4.60. The van der Waals surface area contributed by atoms with E-state index in [1.807, 2.05) is 66.1 Å². The van der Waals surface area contributed by atoms with Crippen molar-refractivity contribution in [2.75, 3.05) is 19.6 Å². The molecule has 0 bridgehead atoms. The maximum Gasteiger partial charge on any atom is 0.321 e. The van der Waals surface area contributed by atoms with Gasteiger partial charge in [0, 0.05) is 37.9 Å². The van der Waals surface area contributed by atoms with E-state index in [-0.39, 0.29) is 24.4 Å². The molecule has 1 aliphatic heterocycles. The van der Waals surface area contributed by atoms with E-state index >= 15 is 0 Å². The first-order chi connectivity index (χ1) is 22.0. The number of hydrogen-bond donors (Lipinski definition) is 1. The fourth-order valence-corrected chi connectivity index (χ4v) is 6.02. The Labute approximate surface area is 265 Å². The number of piperidine rings is 1. The van der Waals surface area contributed by atoms with E-state index in [0.29, 0.717) is 18.9 Å². The van der Waals surface area contributed by atoms with Crippen LogP contribution in [0.4, 0.5) is 4.79 Å². The Bertz CT molecular complexity index is 1500. The number of amides is 3. The smallest absolute Gasteiger partial charge is 0.321 e. The van der Waals surface area contributed by atoms with Crippen molar-refractivity contribution in [1.82, 2.24) is 40.3 Å². The molecule has 10 heteroatoms. The first-order valence-electron chi connectivity index (χ1n) is 16.1. The first kappa shape index (κ1) is 31.8. The highest BCUT2D eigenvalue weighted by Gasteiger charge is 2.37. The van der Waals surface area contributed by atoms with Crippen LogP contribution in [-0.2, 0) is 17.9 Å². The standard InChI is InChI=1S/C35H44N8O2/c1-4-5-21-42(24-27-16-18-28(19-17-27)30-14-7-8-15-31(30)33-37-39-40-38-33)35(45)43(25-29-13-9-10-20-36-29)32(26(2)3)34(44)41-22-11-6-12-23-41/h7-10,13-20,26,32H,4-6,11-12,21-25H2,1-3H3,(H,37,38,39,40). The molecule has 1 fully saturated rings. The van der Waals surface area contributed by atoms with Crippen LogP contribution in [0.15, 0.2) is 72.9 Å². The molecular formula is C35H44N8O2. The summed E-state index contributed by atoms with van der Waals surface area (Å²) in [6.45, 7) is 8.99. The molecule has 1 unspecified atom stereocenters. The molecule has 2 aromatic heterocycles. The lowest BCUT2D eigenvalue weighted by molar-refractivity contribution is -0.139. The molecule has 1 saturated heterocycles. The molecular weight excluding hydrogens is 564 g/mol. The van der Waals surface area contributed by atoms with Gasteiger partial charge < -0.3 is 14.7 Å². The zero-order valence-electron chi connectivity index (χ0n) is 26.6. The van der Waals surface area contributed by atoms with Crippen LogP contribution in [0.25, 0.3) is 22.5 Å². The molecule has 0 spiro atoms. The number of tetrazole rings is 1. The monoisotopic (exact) mass is 608 g/mol.